The third-order valence-electron chi connectivity index (χ3n) is 4.41. The van der Waals surface area contributed by atoms with E-state index in [1.54, 1.807) is 0 Å². The van der Waals surface area contributed by atoms with Gasteiger partial charge in [-0.3, -0.25) is 14.9 Å². The van der Waals surface area contributed by atoms with E-state index in [9.17, 15) is 9.59 Å². The van der Waals surface area contributed by atoms with E-state index < -0.39 is 6.04 Å². The minimum absolute atomic E-state index is 0.00869. The summed E-state index contributed by atoms with van der Waals surface area (Å²) in [6.45, 7) is 3.98. The summed E-state index contributed by atoms with van der Waals surface area (Å²) in [7, 11) is 0. The molecule has 0 aliphatic carbocycles. The molecule has 3 rings (SSSR count). The second kappa shape index (κ2) is 9.66. The maximum Gasteiger partial charge on any atom is 0.246 e. The van der Waals surface area contributed by atoms with Crippen LogP contribution >= 0.6 is 0 Å². The Bertz CT molecular complexity index is 952. The van der Waals surface area contributed by atoms with Crippen LogP contribution in [0.25, 0.3) is 0 Å². The zero-order valence-electron chi connectivity index (χ0n) is 16.6. The Morgan fingerprint density at radius 3 is 1.97 bits per heavy atom. The van der Waals surface area contributed by atoms with Gasteiger partial charge in [0.15, 0.2) is 0 Å². The minimum atomic E-state index is -0.651. The summed E-state index contributed by atoms with van der Waals surface area (Å²) in [5.41, 5.74) is 4.41. The lowest BCUT2D eigenvalue weighted by Crippen LogP contribution is -2.37. The Kier molecular flexibility index (Phi) is 6.76. The van der Waals surface area contributed by atoms with Gasteiger partial charge in [-0.05, 0) is 54.8 Å². The number of hydrogen-bond donors (Lipinski definition) is 3. The van der Waals surface area contributed by atoms with E-state index >= 15 is 0 Å². The fraction of sp³-hybridized carbons (Fsp3) is 0.167. The van der Waals surface area contributed by atoms with Gasteiger partial charge in [0, 0.05) is 11.4 Å². The molecular formula is C24H25N3O2. The number of para-hydroxylation sites is 1. The molecule has 29 heavy (non-hydrogen) atoms. The molecule has 3 aromatic carbocycles. The number of nitrogens with one attached hydrogen (secondary N) is 3. The largest absolute Gasteiger partial charge is 0.325 e. The summed E-state index contributed by atoms with van der Waals surface area (Å²) in [4.78, 5) is 25.3. The smallest absolute Gasteiger partial charge is 0.246 e. The monoisotopic (exact) mass is 387 g/mol. The molecule has 5 heteroatoms. The number of aryl methyl sites for hydroxylation is 2. The second-order valence-electron chi connectivity index (χ2n) is 7.00. The number of carbonyl (C=O) groups excluding carboxylic acids is 2. The second-order valence-corrected chi connectivity index (χ2v) is 7.00. The highest BCUT2D eigenvalue weighted by Crippen LogP contribution is 2.17. The highest BCUT2D eigenvalue weighted by atomic mass is 16.2. The summed E-state index contributed by atoms with van der Waals surface area (Å²) in [5.74, 6) is -0.426. The lowest BCUT2D eigenvalue weighted by Gasteiger charge is -2.19. The standard InChI is InChI=1S/C24H25N3O2/c1-17-13-18(2)15-21(14-17)26-22(28)16-25-23(19-9-5-3-6-10-19)24(29)27-20-11-7-4-8-12-20/h3-15,23,25H,16H2,1-2H3,(H,26,28)(H,27,29). The van der Waals surface area contributed by atoms with Gasteiger partial charge in [0.2, 0.25) is 11.8 Å². The molecule has 0 aliphatic rings. The molecule has 0 aliphatic heterocycles. The van der Waals surface area contributed by atoms with Crippen molar-refractivity contribution in [3.8, 4) is 0 Å². The van der Waals surface area contributed by atoms with Crippen molar-refractivity contribution < 1.29 is 9.59 Å². The molecule has 2 amide bonds. The van der Waals surface area contributed by atoms with Crippen LogP contribution in [0.1, 0.15) is 22.7 Å². The summed E-state index contributed by atoms with van der Waals surface area (Å²) in [6.07, 6.45) is 0. The first-order chi connectivity index (χ1) is 14.0. The van der Waals surface area contributed by atoms with Crippen molar-refractivity contribution in [2.75, 3.05) is 17.2 Å². The topological polar surface area (TPSA) is 70.2 Å². The molecule has 0 aromatic heterocycles. The fourth-order valence-corrected chi connectivity index (χ4v) is 3.19. The number of carbonyl (C=O) groups is 2. The average molecular weight is 387 g/mol. The van der Waals surface area contributed by atoms with Crippen molar-refractivity contribution in [1.29, 1.82) is 0 Å². The summed E-state index contributed by atoms with van der Waals surface area (Å²) in [5, 5.41) is 8.86. The van der Waals surface area contributed by atoms with Gasteiger partial charge < -0.3 is 10.6 Å². The Morgan fingerprint density at radius 2 is 1.34 bits per heavy atom. The predicted octanol–water partition coefficient (Wildman–Crippen LogP) is 4.21. The Labute approximate surface area is 171 Å². The van der Waals surface area contributed by atoms with Crippen molar-refractivity contribution in [3.05, 3.63) is 95.6 Å². The molecule has 148 valence electrons. The molecule has 0 saturated carbocycles. The number of hydrogen-bond acceptors (Lipinski definition) is 3. The van der Waals surface area contributed by atoms with Crippen LogP contribution in [-0.4, -0.2) is 18.4 Å². The predicted molar refractivity (Wildman–Crippen MR) is 117 cm³/mol. The van der Waals surface area contributed by atoms with E-state index in [2.05, 4.69) is 16.0 Å². The van der Waals surface area contributed by atoms with E-state index in [1.165, 1.54) is 0 Å². The summed E-state index contributed by atoms with van der Waals surface area (Å²) in [6, 6.07) is 23.9. The van der Waals surface area contributed by atoms with Crippen LogP contribution in [0.15, 0.2) is 78.9 Å². The highest BCUT2D eigenvalue weighted by molar-refractivity contribution is 5.97. The maximum absolute atomic E-state index is 12.9. The van der Waals surface area contributed by atoms with E-state index in [0.717, 1.165) is 22.4 Å². The number of benzene rings is 3. The highest BCUT2D eigenvalue weighted by Gasteiger charge is 2.21. The van der Waals surface area contributed by atoms with Crippen molar-refractivity contribution >= 4 is 23.2 Å². The quantitative estimate of drug-likeness (QED) is 0.569. The van der Waals surface area contributed by atoms with Gasteiger partial charge in [0.1, 0.15) is 6.04 Å². The SMILES string of the molecule is Cc1cc(C)cc(NC(=O)CNC(C(=O)Nc2ccccc2)c2ccccc2)c1. The van der Waals surface area contributed by atoms with Crippen LogP contribution < -0.4 is 16.0 Å². The van der Waals surface area contributed by atoms with Crippen molar-refractivity contribution in [3.63, 3.8) is 0 Å². The molecule has 0 saturated heterocycles. The molecular weight excluding hydrogens is 362 g/mol. The molecule has 3 N–H and O–H groups in total. The number of anilines is 2. The van der Waals surface area contributed by atoms with Crippen LogP contribution in [0.3, 0.4) is 0 Å². The van der Waals surface area contributed by atoms with E-state index in [0.29, 0.717) is 5.69 Å². The van der Waals surface area contributed by atoms with E-state index in [1.807, 2.05) is 92.7 Å². The van der Waals surface area contributed by atoms with Gasteiger partial charge in [0.05, 0.1) is 6.54 Å². The molecule has 3 aromatic rings. The van der Waals surface area contributed by atoms with E-state index in [-0.39, 0.29) is 18.4 Å². The molecule has 0 heterocycles. The fourth-order valence-electron chi connectivity index (χ4n) is 3.19. The summed E-state index contributed by atoms with van der Waals surface area (Å²) < 4.78 is 0. The summed E-state index contributed by atoms with van der Waals surface area (Å²) >= 11 is 0. The third kappa shape index (κ3) is 6.02. The van der Waals surface area contributed by atoms with Gasteiger partial charge in [0.25, 0.3) is 0 Å². The normalized spacial score (nSPS) is 11.5. The zero-order valence-corrected chi connectivity index (χ0v) is 16.6. The number of amides is 2. The van der Waals surface area contributed by atoms with Gasteiger partial charge in [-0.25, -0.2) is 0 Å². The first-order valence-corrected chi connectivity index (χ1v) is 9.53. The van der Waals surface area contributed by atoms with Crippen molar-refractivity contribution in [2.24, 2.45) is 0 Å². The van der Waals surface area contributed by atoms with Gasteiger partial charge in [-0.15, -0.1) is 0 Å². The number of rotatable bonds is 7. The molecule has 0 fully saturated rings. The molecule has 0 bridgehead atoms. The van der Waals surface area contributed by atoms with Gasteiger partial charge in [-0.2, -0.15) is 0 Å². The lowest BCUT2D eigenvalue weighted by molar-refractivity contribution is -0.119. The molecule has 1 atom stereocenters. The molecule has 5 nitrogen and oxygen atoms in total. The first-order valence-electron chi connectivity index (χ1n) is 9.53. The van der Waals surface area contributed by atoms with Crippen LogP contribution in [0, 0.1) is 13.8 Å². The van der Waals surface area contributed by atoms with Crippen LogP contribution in [0.2, 0.25) is 0 Å². The first kappa shape index (κ1) is 20.3. The minimum Gasteiger partial charge on any atom is -0.325 e. The zero-order chi connectivity index (χ0) is 20.6. The van der Waals surface area contributed by atoms with Crippen LogP contribution in [0.5, 0.6) is 0 Å². The van der Waals surface area contributed by atoms with Gasteiger partial charge >= 0.3 is 0 Å². The van der Waals surface area contributed by atoms with Crippen LogP contribution in [-0.2, 0) is 9.59 Å². The lowest BCUT2D eigenvalue weighted by atomic mass is 10.1. The Balaban J connectivity index is 1.68. The molecule has 1 unspecified atom stereocenters. The Morgan fingerprint density at radius 1 is 0.759 bits per heavy atom. The van der Waals surface area contributed by atoms with Crippen LogP contribution in [0.4, 0.5) is 11.4 Å². The van der Waals surface area contributed by atoms with E-state index in [4.69, 9.17) is 0 Å². The average Bonchev–Trinajstić information content (AvgIpc) is 2.69. The molecule has 0 spiro atoms. The van der Waals surface area contributed by atoms with Gasteiger partial charge in [-0.1, -0.05) is 54.6 Å². The molecule has 0 radical (unpaired) electrons. The Hall–Kier alpha value is -3.44. The maximum atomic E-state index is 12.9. The third-order valence-corrected chi connectivity index (χ3v) is 4.41. The van der Waals surface area contributed by atoms with Crippen molar-refractivity contribution in [1.82, 2.24) is 5.32 Å². The van der Waals surface area contributed by atoms with Crippen molar-refractivity contribution in [2.45, 2.75) is 19.9 Å².